The van der Waals surface area contributed by atoms with Crippen molar-refractivity contribution in [3.8, 4) is 0 Å². The van der Waals surface area contributed by atoms with E-state index in [0.29, 0.717) is 6.54 Å². The van der Waals surface area contributed by atoms with Gasteiger partial charge in [0, 0.05) is 25.4 Å². The molecule has 0 unspecified atom stereocenters. The quantitative estimate of drug-likeness (QED) is 0.834. The Balaban J connectivity index is 1.64. The topological polar surface area (TPSA) is 56.2 Å². The van der Waals surface area contributed by atoms with Crippen LogP contribution < -0.4 is 5.32 Å². The number of aryl methyl sites for hydroxylation is 2. The van der Waals surface area contributed by atoms with E-state index in [0.717, 1.165) is 23.2 Å². The third-order valence-electron chi connectivity index (χ3n) is 3.14. The van der Waals surface area contributed by atoms with Gasteiger partial charge in [0.15, 0.2) is 0 Å². The summed E-state index contributed by atoms with van der Waals surface area (Å²) in [6, 6.07) is 9.61. The largest absolute Gasteiger partial charge is 0.445 e. The molecule has 0 spiro atoms. The molecule has 0 aliphatic heterocycles. The number of rotatable bonds is 6. The number of ether oxygens (including phenoxy) is 1. The molecule has 0 saturated heterocycles. The molecule has 0 atom stereocenters. The first kappa shape index (κ1) is 15.8. The number of carbonyl (C=O) groups is 1. The smallest absolute Gasteiger partial charge is 0.407 e. The summed E-state index contributed by atoms with van der Waals surface area (Å²) < 4.78 is 6.91. The molecule has 0 aliphatic rings. The minimum atomic E-state index is -0.394. The van der Waals surface area contributed by atoms with Gasteiger partial charge in [-0.3, -0.25) is 4.68 Å². The molecular weight excluding hydrogens is 278 g/mol. The fraction of sp³-hybridized carbons (Fsp3) is 0.294. The van der Waals surface area contributed by atoms with E-state index < -0.39 is 6.09 Å². The van der Waals surface area contributed by atoms with Crippen LogP contribution in [-0.4, -0.2) is 22.4 Å². The van der Waals surface area contributed by atoms with Gasteiger partial charge >= 0.3 is 6.09 Å². The number of alkyl carbamates (subject to hydrolysis) is 1. The molecule has 5 heteroatoms. The summed E-state index contributed by atoms with van der Waals surface area (Å²) in [5.41, 5.74) is 3.06. The first-order valence-electron chi connectivity index (χ1n) is 7.26. The van der Waals surface area contributed by atoms with E-state index in [1.807, 2.05) is 62.7 Å². The first-order valence-corrected chi connectivity index (χ1v) is 7.26. The molecule has 0 aliphatic carbocycles. The minimum absolute atomic E-state index is 0.289. The van der Waals surface area contributed by atoms with Crippen molar-refractivity contribution in [3.63, 3.8) is 0 Å². The van der Waals surface area contributed by atoms with Gasteiger partial charge in [-0.1, -0.05) is 42.5 Å². The molecule has 0 saturated carbocycles. The number of amides is 1. The molecule has 116 valence electrons. The van der Waals surface area contributed by atoms with E-state index in [-0.39, 0.29) is 6.61 Å². The zero-order chi connectivity index (χ0) is 15.8. The molecule has 22 heavy (non-hydrogen) atoms. The van der Waals surface area contributed by atoms with Crippen LogP contribution in [0, 0.1) is 6.92 Å². The lowest BCUT2D eigenvalue weighted by atomic mass is 10.2. The number of benzene rings is 1. The highest BCUT2D eigenvalue weighted by atomic mass is 16.5. The van der Waals surface area contributed by atoms with Crippen LogP contribution in [0.15, 0.2) is 42.6 Å². The zero-order valence-corrected chi connectivity index (χ0v) is 13.0. The van der Waals surface area contributed by atoms with Crippen LogP contribution in [-0.2, 0) is 18.4 Å². The van der Waals surface area contributed by atoms with Gasteiger partial charge in [-0.05, 0) is 18.9 Å². The summed E-state index contributed by atoms with van der Waals surface area (Å²) in [4.78, 5) is 11.5. The maximum atomic E-state index is 11.5. The molecule has 1 heterocycles. The van der Waals surface area contributed by atoms with Crippen molar-refractivity contribution in [2.75, 3.05) is 6.54 Å². The predicted molar refractivity (Wildman–Crippen MR) is 86.2 cm³/mol. The van der Waals surface area contributed by atoms with Crippen LogP contribution >= 0.6 is 0 Å². The van der Waals surface area contributed by atoms with Gasteiger partial charge in [0.1, 0.15) is 6.61 Å². The summed E-state index contributed by atoms with van der Waals surface area (Å²) >= 11 is 0. The third-order valence-corrected chi connectivity index (χ3v) is 3.14. The molecule has 5 nitrogen and oxygen atoms in total. The average Bonchev–Trinajstić information content (AvgIpc) is 2.84. The molecule has 2 aromatic rings. The highest BCUT2D eigenvalue weighted by Gasteiger charge is 2.01. The van der Waals surface area contributed by atoms with Gasteiger partial charge in [-0.2, -0.15) is 5.10 Å². The van der Waals surface area contributed by atoms with Gasteiger partial charge in [0.2, 0.25) is 0 Å². The molecule has 1 aromatic carbocycles. The van der Waals surface area contributed by atoms with Crippen molar-refractivity contribution in [2.24, 2.45) is 7.05 Å². The van der Waals surface area contributed by atoms with E-state index in [1.165, 1.54) is 0 Å². The van der Waals surface area contributed by atoms with Crippen molar-refractivity contribution < 1.29 is 9.53 Å². The van der Waals surface area contributed by atoms with Crippen molar-refractivity contribution in [1.82, 2.24) is 15.1 Å². The molecule has 1 N–H and O–H groups in total. The minimum Gasteiger partial charge on any atom is -0.445 e. The van der Waals surface area contributed by atoms with Gasteiger partial charge < -0.3 is 10.1 Å². The summed E-state index contributed by atoms with van der Waals surface area (Å²) in [6.45, 7) is 2.81. The second-order valence-corrected chi connectivity index (χ2v) is 5.02. The molecule has 0 radical (unpaired) electrons. The Hall–Kier alpha value is -2.56. The number of hydrogen-bond donors (Lipinski definition) is 1. The van der Waals surface area contributed by atoms with Crippen LogP contribution in [0.5, 0.6) is 0 Å². The second kappa shape index (κ2) is 8.02. The van der Waals surface area contributed by atoms with Crippen LogP contribution in [0.25, 0.3) is 6.08 Å². The Morgan fingerprint density at radius 2 is 2.14 bits per heavy atom. The Morgan fingerprint density at radius 1 is 1.36 bits per heavy atom. The zero-order valence-electron chi connectivity index (χ0n) is 13.0. The molecule has 0 bridgehead atoms. The van der Waals surface area contributed by atoms with Crippen molar-refractivity contribution in [3.05, 3.63) is 59.4 Å². The number of nitrogens with one attached hydrogen (secondary N) is 1. The van der Waals surface area contributed by atoms with E-state index in [9.17, 15) is 4.79 Å². The summed E-state index contributed by atoms with van der Waals surface area (Å²) in [7, 11) is 1.90. The second-order valence-electron chi connectivity index (χ2n) is 5.02. The van der Waals surface area contributed by atoms with Gasteiger partial charge in [-0.15, -0.1) is 0 Å². The monoisotopic (exact) mass is 299 g/mol. The molecule has 1 aromatic heterocycles. The Labute approximate surface area is 130 Å². The average molecular weight is 299 g/mol. The maximum absolute atomic E-state index is 11.5. The lowest BCUT2D eigenvalue weighted by Gasteiger charge is -2.05. The van der Waals surface area contributed by atoms with Crippen LogP contribution in [0.3, 0.4) is 0 Å². The molecule has 0 fully saturated rings. The van der Waals surface area contributed by atoms with E-state index in [1.54, 1.807) is 4.68 Å². The number of aromatic nitrogens is 2. The highest BCUT2D eigenvalue weighted by molar-refractivity contribution is 5.67. The molecule has 2 rings (SSSR count). The van der Waals surface area contributed by atoms with Crippen molar-refractivity contribution >= 4 is 12.2 Å². The number of nitrogens with zero attached hydrogens (tertiary/aromatic N) is 2. The molecular formula is C17H21N3O2. The Morgan fingerprint density at radius 3 is 2.82 bits per heavy atom. The highest BCUT2D eigenvalue weighted by Crippen LogP contribution is 2.07. The van der Waals surface area contributed by atoms with E-state index >= 15 is 0 Å². The van der Waals surface area contributed by atoms with Gasteiger partial charge in [0.05, 0.1) is 5.69 Å². The Kier molecular flexibility index (Phi) is 5.77. The summed E-state index contributed by atoms with van der Waals surface area (Å²) in [5.74, 6) is 0. The standard InChI is InChI=1S/C17H21N3O2/c1-14-16(12-20(2)19-14)10-6-7-11-18-17(21)22-13-15-8-4-3-5-9-15/h3-6,8-10,12H,7,11,13H2,1-2H3,(H,18,21). The fourth-order valence-electron chi connectivity index (χ4n) is 2.02. The van der Waals surface area contributed by atoms with Crippen LogP contribution in [0.1, 0.15) is 23.2 Å². The van der Waals surface area contributed by atoms with Gasteiger partial charge in [0.25, 0.3) is 0 Å². The van der Waals surface area contributed by atoms with Crippen LogP contribution in [0.4, 0.5) is 4.79 Å². The third kappa shape index (κ3) is 5.09. The predicted octanol–water partition coefficient (Wildman–Crippen LogP) is 3.06. The first-order chi connectivity index (χ1) is 10.6. The molecule has 1 amide bonds. The normalized spacial score (nSPS) is 10.8. The SMILES string of the molecule is Cc1nn(C)cc1C=CCCNC(=O)OCc1ccccc1. The van der Waals surface area contributed by atoms with E-state index in [2.05, 4.69) is 10.4 Å². The van der Waals surface area contributed by atoms with Crippen LogP contribution in [0.2, 0.25) is 0 Å². The fourth-order valence-corrected chi connectivity index (χ4v) is 2.02. The maximum Gasteiger partial charge on any atom is 0.407 e. The lowest BCUT2D eigenvalue weighted by Crippen LogP contribution is -2.24. The van der Waals surface area contributed by atoms with E-state index in [4.69, 9.17) is 4.74 Å². The lowest BCUT2D eigenvalue weighted by molar-refractivity contribution is 0.140. The number of carbonyl (C=O) groups excluding carboxylic acids is 1. The summed E-state index contributed by atoms with van der Waals surface area (Å²) in [5, 5.41) is 6.99. The van der Waals surface area contributed by atoms with Gasteiger partial charge in [-0.25, -0.2) is 4.79 Å². The van der Waals surface area contributed by atoms with Crippen molar-refractivity contribution in [1.29, 1.82) is 0 Å². The number of hydrogen-bond acceptors (Lipinski definition) is 3. The summed E-state index contributed by atoms with van der Waals surface area (Å²) in [6.07, 6.45) is 6.35. The van der Waals surface area contributed by atoms with Crippen molar-refractivity contribution in [2.45, 2.75) is 20.0 Å². The Bertz CT molecular complexity index is 633.